The van der Waals surface area contributed by atoms with Gasteiger partial charge in [0.15, 0.2) is 0 Å². The molecular formula is C15H19NOS. The van der Waals surface area contributed by atoms with Crippen LogP contribution in [0.1, 0.15) is 17.4 Å². The Balaban J connectivity index is 1.79. The van der Waals surface area contributed by atoms with E-state index in [4.69, 9.17) is 0 Å². The van der Waals surface area contributed by atoms with E-state index in [1.54, 1.807) is 11.3 Å². The summed E-state index contributed by atoms with van der Waals surface area (Å²) in [5.74, 6) is 0. The number of hydrogen-bond donors (Lipinski definition) is 2. The van der Waals surface area contributed by atoms with Crippen molar-refractivity contribution in [2.75, 3.05) is 13.1 Å². The molecule has 0 radical (unpaired) electrons. The summed E-state index contributed by atoms with van der Waals surface area (Å²) in [6, 6.07) is 14.0. The Labute approximate surface area is 112 Å². The van der Waals surface area contributed by atoms with Crippen molar-refractivity contribution in [3.05, 3.63) is 58.3 Å². The molecule has 18 heavy (non-hydrogen) atoms. The lowest BCUT2D eigenvalue weighted by Gasteiger charge is -2.24. The fourth-order valence-electron chi connectivity index (χ4n) is 1.90. The second-order valence-electron chi connectivity index (χ2n) is 4.65. The van der Waals surface area contributed by atoms with E-state index < -0.39 is 5.60 Å². The van der Waals surface area contributed by atoms with Gasteiger partial charge < -0.3 is 10.4 Å². The normalized spacial score (nSPS) is 14.3. The summed E-state index contributed by atoms with van der Waals surface area (Å²) < 4.78 is 0. The number of aliphatic hydroxyl groups is 1. The van der Waals surface area contributed by atoms with Crippen molar-refractivity contribution in [1.82, 2.24) is 5.32 Å². The first-order valence-electron chi connectivity index (χ1n) is 6.19. The summed E-state index contributed by atoms with van der Waals surface area (Å²) in [4.78, 5) is 1.38. The summed E-state index contributed by atoms with van der Waals surface area (Å²) in [6.45, 7) is 3.31. The molecule has 2 aromatic rings. The Morgan fingerprint density at radius 2 is 1.94 bits per heavy atom. The van der Waals surface area contributed by atoms with E-state index in [0.717, 1.165) is 18.5 Å². The van der Waals surface area contributed by atoms with Crippen LogP contribution in [0, 0.1) is 0 Å². The standard InChI is InChI=1S/C15H19NOS/c1-15(17,13-6-3-2-4-7-13)12-16-10-9-14-8-5-11-18-14/h2-8,11,16-17H,9-10,12H2,1H3. The third-order valence-electron chi connectivity index (χ3n) is 2.99. The molecule has 0 spiro atoms. The van der Waals surface area contributed by atoms with Crippen LogP contribution in [0.4, 0.5) is 0 Å². The van der Waals surface area contributed by atoms with Crippen molar-refractivity contribution < 1.29 is 5.11 Å². The van der Waals surface area contributed by atoms with Crippen LogP contribution in [0.25, 0.3) is 0 Å². The van der Waals surface area contributed by atoms with Gasteiger partial charge in [-0.25, -0.2) is 0 Å². The SMILES string of the molecule is CC(O)(CNCCc1cccs1)c1ccccc1. The van der Waals surface area contributed by atoms with Gasteiger partial charge >= 0.3 is 0 Å². The monoisotopic (exact) mass is 261 g/mol. The van der Waals surface area contributed by atoms with Gasteiger partial charge in [-0.1, -0.05) is 36.4 Å². The van der Waals surface area contributed by atoms with Crippen LogP contribution in [0.2, 0.25) is 0 Å². The lowest BCUT2D eigenvalue weighted by atomic mass is 9.96. The molecule has 0 saturated heterocycles. The molecule has 1 unspecified atom stereocenters. The second kappa shape index (κ2) is 6.14. The van der Waals surface area contributed by atoms with Crippen LogP contribution in [0.3, 0.4) is 0 Å². The zero-order chi connectivity index (χ0) is 12.8. The number of nitrogens with one attached hydrogen (secondary N) is 1. The van der Waals surface area contributed by atoms with E-state index in [2.05, 4.69) is 22.8 Å². The lowest BCUT2D eigenvalue weighted by Crippen LogP contribution is -2.36. The maximum absolute atomic E-state index is 10.4. The Hall–Kier alpha value is -1.16. The lowest BCUT2D eigenvalue weighted by molar-refractivity contribution is 0.0573. The molecule has 1 heterocycles. The van der Waals surface area contributed by atoms with E-state index >= 15 is 0 Å². The molecule has 0 aliphatic carbocycles. The molecule has 2 N–H and O–H groups in total. The van der Waals surface area contributed by atoms with Gasteiger partial charge in [0.1, 0.15) is 0 Å². The molecule has 2 rings (SSSR count). The average Bonchev–Trinajstić information content (AvgIpc) is 2.89. The first-order chi connectivity index (χ1) is 8.68. The highest BCUT2D eigenvalue weighted by Crippen LogP contribution is 2.18. The quantitative estimate of drug-likeness (QED) is 0.784. The highest BCUT2D eigenvalue weighted by molar-refractivity contribution is 7.09. The van der Waals surface area contributed by atoms with Crippen LogP contribution >= 0.6 is 11.3 Å². The number of rotatable bonds is 6. The van der Waals surface area contributed by atoms with Crippen molar-refractivity contribution >= 4 is 11.3 Å². The Kier molecular flexibility index (Phi) is 4.53. The third kappa shape index (κ3) is 3.67. The Bertz CT molecular complexity index is 451. The van der Waals surface area contributed by atoms with Crippen LogP contribution in [0.15, 0.2) is 47.8 Å². The highest BCUT2D eigenvalue weighted by atomic mass is 32.1. The molecule has 0 aliphatic rings. The van der Waals surface area contributed by atoms with E-state index in [0.29, 0.717) is 6.54 Å². The number of thiophene rings is 1. The largest absolute Gasteiger partial charge is 0.384 e. The predicted octanol–water partition coefficient (Wildman–Crippen LogP) is 2.79. The molecule has 0 saturated carbocycles. The molecule has 0 aliphatic heterocycles. The molecule has 96 valence electrons. The van der Waals surface area contributed by atoms with Crippen molar-refractivity contribution in [1.29, 1.82) is 0 Å². The first-order valence-corrected chi connectivity index (χ1v) is 7.07. The van der Waals surface area contributed by atoms with Gasteiger partial charge in [0.2, 0.25) is 0 Å². The first kappa shape index (κ1) is 13.3. The fourth-order valence-corrected chi connectivity index (χ4v) is 2.61. The average molecular weight is 261 g/mol. The summed E-state index contributed by atoms with van der Waals surface area (Å²) >= 11 is 1.77. The van der Waals surface area contributed by atoms with Crippen LogP contribution in [-0.4, -0.2) is 18.2 Å². The van der Waals surface area contributed by atoms with Crippen LogP contribution < -0.4 is 5.32 Å². The van der Waals surface area contributed by atoms with Crippen molar-refractivity contribution in [3.63, 3.8) is 0 Å². The minimum atomic E-state index is -0.809. The van der Waals surface area contributed by atoms with Crippen molar-refractivity contribution in [2.45, 2.75) is 18.9 Å². The van der Waals surface area contributed by atoms with Gasteiger partial charge in [-0.3, -0.25) is 0 Å². The van der Waals surface area contributed by atoms with Crippen LogP contribution in [-0.2, 0) is 12.0 Å². The van der Waals surface area contributed by atoms with Crippen LogP contribution in [0.5, 0.6) is 0 Å². The molecule has 2 nitrogen and oxygen atoms in total. The fraction of sp³-hybridized carbons (Fsp3) is 0.333. The number of hydrogen-bond acceptors (Lipinski definition) is 3. The number of benzene rings is 1. The molecule has 0 bridgehead atoms. The molecule has 0 fully saturated rings. The van der Waals surface area contributed by atoms with Gasteiger partial charge in [-0.2, -0.15) is 0 Å². The minimum Gasteiger partial charge on any atom is -0.384 e. The van der Waals surface area contributed by atoms with Gasteiger partial charge in [-0.15, -0.1) is 11.3 Å². The summed E-state index contributed by atoms with van der Waals surface area (Å²) in [7, 11) is 0. The highest BCUT2D eigenvalue weighted by Gasteiger charge is 2.21. The minimum absolute atomic E-state index is 0.572. The Morgan fingerprint density at radius 3 is 2.61 bits per heavy atom. The van der Waals surface area contributed by atoms with E-state index in [-0.39, 0.29) is 0 Å². The maximum Gasteiger partial charge on any atom is 0.0992 e. The summed E-state index contributed by atoms with van der Waals surface area (Å²) in [5.41, 5.74) is 0.144. The van der Waals surface area contributed by atoms with Gasteiger partial charge in [0, 0.05) is 18.0 Å². The molecule has 3 heteroatoms. The Morgan fingerprint density at radius 1 is 1.17 bits per heavy atom. The van der Waals surface area contributed by atoms with Gasteiger partial charge in [0.05, 0.1) is 5.60 Å². The van der Waals surface area contributed by atoms with Crippen molar-refractivity contribution in [3.8, 4) is 0 Å². The molecule has 1 aromatic heterocycles. The van der Waals surface area contributed by atoms with Gasteiger partial charge in [-0.05, 0) is 30.4 Å². The smallest absolute Gasteiger partial charge is 0.0992 e. The molecule has 1 aromatic carbocycles. The molecular weight excluding hydrogens is 242 g/mol. The zero-order valence-electron chi connectivity index (χ0n) is 10.6. The zero-order valence-corrected chi connectivity index (χ0v) is 11.4. The third-order valence-corrected chi connectivity index (χ3v) is 3.93. The second-order valence-corrected chi connectivity index (χ2v) is 5.68. The van der Waals surface area contributed by atoms with Crippen molar-refractivity contribution in [2.24, 2.45) is 0 Å². The summed E-state index contributed by atoms with van der Waals surface area (Å²) in [5, 5.41) is 15.8. The van der Waals surface area contributed by atoms with E-state index in [1.165, 1.54) is 4.88 Å². The van der Waals surface area contributed by atoms with E-state index in [1.807, 2.05) is 37.3 Å². The topological polar surface area (TPSA) is 32.3 Å². The predicted molar refractivity (Wildman–Crippen MR) is 76.9 cm³/mol. The molecule has 1 atom stereocenters. The van der Waals surface area contributed by atoms with E-state index in [9.17, 15) is 5.11 Å². The maximum atomic E-state index is 10.4. The molecule has 0 amide bonds. The van der Waals surface area contributed by atoms with Gasteiger partial charge in [0.25, 0.3) is 0 Å². The summed E-state index contributed by atoms with van der Waals surface area (Å²) in [6.07, 6.45) is 1.02.